The van der Waals surface area contributed by atoms with Crippen molar-refractivity contribution in [2.75, 3.05) is 26.7 Å². The second-order valence-electron chi connectivity index (χ2n) is 6.08. The summed E-state index contributed by atoms with van der Waals surface area (Å²) in [7, 11) is 2.00. The Labute approximate surface area is 128 Å². The Morgan fingerprint density at radius 2 is 1.95 bits per heavy atom. The summed E-state index contributed by atoms with van der Waals surface area (Å²) in [4.78, 5) is 14.9. The van der Waals surface area contributed by atoms with Gasteiger partial charge in [-0.15, -0.1) is 0 Å². The first-order valence-corrected chi connectivity index (χ1v) is 8.24. The molecule has 0 aromatic heterocycles. The quantitative estimate of drug-likeness (QED) is 0.872. The average molecular weight is 288 g/mol. The van der Waals surface area contributed by atoms with Crippen LogP contribution in [0.25, 0.3) is 0 Å². The molecule has 0 saturated carbocycles. The van der Waals surface area contributed by atoms with Crippen LogP contribution in [0.3, 0.4) is 0 Å². The molecule has 3 nitrogen and oxygen atoms in total. The molecule has 116 valence electrons. The minimum atomic E-state index is 0.0389. The van der Waals surface area contributed by atoms with Gasteiger partial charge < -0.3 is 10.2 Å². The Kier molecular flexibility index (Phi) is 6.24. The summed E-state index contributed by atoms with van der Waals surface area (Å²) in [5.74, 6) is 1.09. The number of hydrogen-bond donors (Lipinski definition) is 1. The molecule has 0 radical (unpaired) electrons. The molecule has 1 fully saturated rings. The Hall–Kier alpha value is -1.35. The number of nitrogens with one attached hydrogen (secondary N) is 1. The number of piperidine rings is 1. The zero-order valence-corrected chi connectivity index (χ0v) is 13.3. The summed E-state index contributed by atoms with van der Waals surface area (Å²) >= 11 is 0. The van der Waals surface area contributed by atoms with E-state index in [2.05, 4.69) is 29.3 Å². The number of amides is 1. The molecule has 21 heavy (non-hydrogen) atoms. The molecular weight excluding hydrogens is 260 g/mol. The predicted octanol–water partition coefficient (Wildman–Crippen LogP) is 3.03. The Morgan fingerprint density at radius 3 is 2.52 bits per heavy atom. The van der Waals surface area contributed by atoms with Gasteiger partial charge in [0.05, 0.1) is 5.92 Å². The second kappa shape index (κ2) is 8.18. The van der Waals surface area contributed by atoms with Crippen molar-refractivity contribution >= 4 is 5.91 Å². The van der Waals surface area contributed by atoms with E-state index in [4.69, 9.17) is 0 Å². The van der Waals surface area contributed by atoms with Crippen LogP contribution in [-0.4, -0.2) is 37.5 Å². The molecule has 2 rings (SSSR count). The predicted molar refractivity (Wildman–Crippen MR) is 87.3 cm³/mol. The van der Waals surface area contributed by atoms with Crippen LogP contribution in [0.4, 0.5) is 0 Å². The Bertz CT molecular complexity index is 424. The van der Waals surface area contributed by atoms with Crippen molar-refractivity contribution in [1.82, 2.24) is 10.2 Å². The van der Waals surface area contributed by atoms with Crippen LogP contribution in [0, 0.1) is 5.92 Å². The monoisotopic (exact) mass is 288 g/mol. The summed E-state index contributed by atoms with van der Waals surface area (Å²) < 4.78 is 0. The Balaban J connectivity index is 2.00. The third-order valence-corrected chi connectivity index (χ3v) is 4.50. The fourth-order valence-corrected chi connectivity index (χ4v) is 3.27. The molecule has 0 aliphatic carbocycles. The second-order valence-corrected chi connectivity index (χ2v) is 6.08. The lowest BCUT2D eigenvalue weighted by Gasteiger charge is -2.34. The molecule has 0 bridgehead atoms. The third-order valence-electron chi connectivity index (χ3n) is 4.50. The minimum Gasteiger partial charge on any atom is -0.342 e. The molecule has 1 amide bonds. The van der Waals surface area contributed by atoms with Gasteiger partial charge in [0, 0.05) is 13.1 Å². The van der Waals surface area contributed by atoms with E-state index in [0.29, 0.717) is 5.91 Å². The lowest BCUT2D eigenvalue weighted by Crippen LogP contribution is -2.42. The summed E-state index contributed by atoms with van der Waals surface area (Å²) in [5.41, 5.74) is 1.17. The molecule has 1 aromatic carbocycles. The highest BCUT2D eigenvalue weighted by Gasteiger charge is 2.28. The zero-order valence-electron chi connectivity index (χ0n) is 13.3. The molecule has 1 aliphatic rings. The van der Waals surface area contributed by atoms with Crippen LogP contribution in [-0.2, 0) is 4.79 Å². The van der Waals surface area contributed by atoms with Crippen molar-refractivity contribution in [3.05, 3.63) is 35.9 Å². The van der Waals surface area contributed by atoms with Crippen molar-refractivity contribution in [3.8, 4) is 0 Å². The van der Waals surface area contributed by atoms with E-state index >= 15 is 0 Å². The molecule has 1 N–H and O–H groups in total. The van der Waals surface area contributed by atoms with Crippen molar-refractivity contribution < 1.29 is 4.79 Å². The van der Waals surface area contributed by atoms with E-state index < -0.39 is 0 Å². The maximum Gasteiger partial charge on any atom is 0.230 e. The normalized spacial score (nSPS) is 17.7. The molecule has 1 heterocycles. The summed E-state index contributed by atoms with van der Waals surface area (Å²) in [6.45, 7) is 5.05. The van der Waals surface area contributed by atoms with E-state index in [1.54, 1.807) is 0 Å². The maximum absolute atomic E-state index is 12.9. The van der Waals surface area contributed by atoms with E-state index in [1.165, 1.54) is 5.56 Å². The number of likely N-dealkylation sites (tertiary alicyclic amines) is 1. The van der Waals surface area contributed by atoms with Crippen molar-refractivity contribution in [1.29, 1.82) is 0 Å². The van der Waals surface area contributed by atoms with Gasteiger partial charge in [0.15, 0.2) is 0 Å². The maximum atomic E-state index is 12.9. The molecule has 1 aromatic rings. The van der Waals surface area contributed by atoms with Crippen LogP contribution in [0.15, 0.2) is 30.3 Å². The average Bonchev–Trinajstić information content (AvgIpc) is 2.54. The fourth-order valence-electron chi connectivity index (χ4n) is 3.27. The smallest absolute Gasteiger partial charge is 0.230 e. The molecule has 3 heteroatoms. The molecular formula is C18H28N2O. The highest BCUT2D eigenvalue weighted by atomic mass is 16.2. The van der Waals surface area contributed by atoms with Crippen molar-refractivity contribution in [2.24, 2.45) is 5.92 Å². The van der Waals surface area contributed by atoms with Crippen molar-refractivity contribution in [2.45, 2.75) is 38.5 Å². The number of rotatable bonds is 6. The van der Waals surface area contributed by atoms with E-state index in [1.807, 2.05) is 25.2 Å². The van der Waals surface area contributed by atoms with Crippen molar-refractivity contribution in [3.63, 3.8) is 0 Å². The summed E-state index contributed by atoms with van der Waals surface area (Å²) in [5, 5.41) is 3.25. The lowest BCUT2D eigenvalue weighted by atomic mass is 9.90. The number of carbonyl (C=O) groups excluding carboxylic acids is 1. The third kappa shape index (κ3) is 4.31. The van der Waals surface area contributed by atoms with Crippen LogP contribution in [0.2, 0.25) is 0 Å². The van der Waals surface area contributed by atoms with Gasteiger partial charge in [-0.05, 0) is 44.3 Å². The molecule has 1 saturated heterocycles. The Morgan fingerprint density at radius 1 is 1.29 bits per heavy atom. The van der Waals surface area contributed by atoms with Gasteiger partial charge in [-0.25, -0.2) is 0 Å². The highest BCUT2D eigenvalue weighted by molar-refractivity contribution is 5.83. The largest absolute Gasteiger partial charge is 0.342 e. The van der Waals surface area contributed by atoms with Crippen LogP contribution in [0.1, 0.15) is 44.1 Å². The number of nitrogens with zero attached hydrogens (tertiary/aromatic N) is 1. The van der Waals surface area contributed by atoms with Gasteiger partial charge in [-0.3, -0.25) is 4.79 Å². The molecule has 1 atom stereocenters. The zero-order chi connectivity index (χ0) is 15.1. The first kappa shape index (κ1) is 16.0. The van der Waals surface area contributed by atoms with Crippen LogP contribution < -0.4 is 5.32 Å². The van der Waals surface area contributed by atoms with Crippen LogP contribution in [0.5, 0.6) is 0 Å². The number of carbonyl (C=O) groups is 1. The first-order valence-electron chi connectivity index (χ1n) is 8.24. The molecule has 0 spiro atoms. The number of hydrogen-bond acceptors (Lipinski definition) is 2. The summed E-state index contributed by atoms with van der Waals surface area (Å²) in [6.07, 6.45) is 4.24. The van der Waals surface area contributed by atoms with E-state index in [9.17, 15) is 4.79 Å². The number of benzene rings is 1. The SMILES string of the molecule is CCCC(C(=O)N1CCC(CNC)CC1)c1ccccc1. The standard InChI is InChI=1S/C18H28N2O/c1-3-7-17(16-8-5-4-6-9-16)18(21)20-12-10-15(11-13-20)14-19-2/h4-6,8-9,15,17,19H,3,7,10-14H2,1-2H3. The highest BCUT2D eigenvalue weighted by Crippen LogP contribution is 2.26. The molecule has 1 unspecified atom stereocenters. The van der Waals surface area contributed by atoms with Gasteiger partial charge in [0.25, 0.3) is 0 Å². The van der Waals surface area contributed by atoms with Gasteiger partial charge in [-0.1, -0.05) is 43.7 Å². The minimum absolute atomic E-state index is 0.0389. The van der Waals surface area contributed by atoms with Gasteiger partial charge in [0.2, 0.25) is 5.91 Å². The van der Waals surface area contributed by atoms with Crippen LogP contribution >= 0.6 is 0 Å². The topological polar surface area (TPSA) is 32.3 Å². The van der Waals surface area contributed by atoms with Gasteiger partial charge in [0.1, 0.15) is 0 Å². The van der Waals surface area contributed by atoms with E-state index in [-0.39, 0.29) is 5.92 Å². The first-order chi connectivity index (χ1) is 10.3. The lowest BCUT2D eigenvalue weighted by molar-refractivity contribution is -0.134. The van der Waals surface area contributed by atoms with Gasteiger partial charge in [-0.2, -0.15) is 0 Å². The summed E-state index contributed by atoms with van der Waals surface area (Å²) in [6, 6.07) is 10.3. The molecule has 1 aliphatic heterocycles. The fraction of sp³-hybridized carbons (Fsp3) is 0.611. The van der Waals surface area contributed by atoms with Gasteiger partial charge >= 0.3 is 0 Å². The van der Waals surface area contributed by atoms with E-state index in [0.717, 1.165) is 51.2 Å².